The van der Waals surface area contributed by atoms with E-state index in [0.29, 0.717) is 5.92 Å². The minimum atomic E-state index is -0.366. The van der Waals surface area contributed by atoms with Gasteiger partial charge in [-0.15, -0.1) is 0 Å². The number of anilines is 3. The lowest BCUT2D eigenvalue weighted by Crippen LogP contribution is -2.27. The molecule has 0 saturated heterocycles. The summed E-state index contributed by atoms with van der Waals surface area (Å²) in [6.07, 6.45) is 5.94. The lowest BCUT2D eigenvalue weighted by atomic mass is 9.68. The lowest BCUT2D eigenvalue weighted by molar-refractivity contribution is 0.660. The van der Waals surface area contributed by atoms with Gasteiger partial charge < -0.3 is 4.90 Å². The molecular formula is C53H41N. The molecule has 1 unspecified atom stereocenters. The van der Waals surface area contributed by atoms with Gasteiger partial charge in [0.05, 0.1) is 5.41 Å². The summed E-state index contributed by atoms with van der Waals surface area (Å²) in [5, 5.41) is 0. The molecule has 0 radical (unpaired) electrons. The number of hydrogen-bond donors (Lipinski definition) is 0. The van der Waals surface area contributed by atoms with Crippen LogP contribution in [0.3, 0.4) is 0 Å². The molecule has 4 aliphatic carbocycles. The second kappa shape index (κ2) is 11.4. The Morgan fingerprint density at radius 3 is 1.63 bits per heavy atom. The van der Waals surface area contributed by atoms with E-state index < -0.39 is 0 Å². The highest BCUT2D eigenvalue weighted by molar-refractivity contribution is 5.97. The molecule has 0 fully saturated rings. The number of benzene rings is 7. The summed E-state index contributed by atoms with van der Waals surface area (Å²) < 4.78 is 0. The second-order valence-corrected chi connectivity index (χ2v) is 16.2. The van der Waals surface area contributed by atoms with Crippen LogP contribution in [0.15, 0.2) is 182 Å². The smallest absolute Gasteiger partial charge is 0.0722 e. The zero-order chi connectivity index (χ0) is 36.2. The minimum absolute atomic E-state index is 0.101. The van der Waals surface area contributed by atoms with Crippen LogP contribution in [0.5, 0.6) is 0 Å². The van der Waals surface area contributed by atoms with Crippen molar-refractivity contribution in [2.45, 2.75) is 38.0 Å². The Balaban J connectivity index is 1.15. The summed E-state index contributed by atoms with van der Waals surface area (Å²) in [5.41, 5.74) is 22.1. The van der Waals surface area contributed by atoms with E-state index in [9.17, 15) is 0 Å². The van der Waals surface area contributed by atoms with Crippen molar-refractivity contribution in [1.82, 2.24) is 0 Å². The molecule has 54 heavy (non-hydrogen) atoms. The molecule has 11 rings (SSSR count). The third-order valence-electron chi connectivity index (χ3n) is 12.8. The third-order valence-corrected chi connectivity index (χ3v) is 12.8. The van der Waals surface area contributed by atoms with E-state index in [-0.39, 0.29) is 10.8 Å². The SMILES string of the molecule is CC1C=CC2=C(C1)c1ccc(N(c3ccc(-c4ccccc4)cc3)c3ccc4c(c3)C(C)(C)c3ccccc3-4)cc1C21c2ccccc2-c2ccccc21. The molecule has 0 saturated carbocycles. The number of allylic oxidation sites excluding steroid dienone is 4. The summed E-state index contributed by atoms with van der Waals surface area (Å²) in [6.45, 7) is 7.10. The molecule has 0 aromatic heterocycles. The Hall–Kier alpha value is -6.18. The Bertz CT molecular complexity index is 2680. The molecule has 1 atom stereocenters. The monoisotopic (exact) mass is 691 g/mol. The van der Waals surface area contributed by atoms with E-state index in [2.05, 4.69) is 202 Å². The zero-order valence-electron chi connectivity index (χ0n) is 31.0. The van der Waals surface area contributed by atoms with E-state index in [1.807, 2.05) is 0 Å². The van der Waals surface area contributed by atoms with Gasteiger partial charge >= 0.3 is 0 Å². The van der Waals surface area contributed by atoms with Crippen molar-refractivity contribution in [1.29, 1.82) is 0 Å². The highest BCUT2D eigenvalue weighted by Crippen LogP contribution is 2.64. The zero-order valence-corrected chi connectivity index (χ0v) is 31.0. The maximum atomic E-state index is 2.53. The van der Waals surface area contributed by atoms with Crippen LogP contribution >= 0.6 is 0 Å². The van der Waals surface area contributed by atoms with Crippen LogP contribution in [-0.4, -0.2) is 0 Å². The van der Waals surface area contributed by atoms with E-state index >= 15 is 0 Å². The third kappa shape index (κ3) is 4.21. The molecule has 1 nitrogen and oxygen atoms in total. The van der Waals surface area contributed by atoms with Crippen LogP contribution in [0, 0.1) is 5.92 Å². The van der Waals surface area contributed by atoms with Gasteiger partial charge in [-0.25, -0.2) is 0 Å². The Labute approximate surface area is 318 Å². The average molecular weight is 692 g/mol. The standard InChI is InChI=1S/C53H41N/c1-34-21-30-49-45(31-34)44-29-27-39(33-51(44)53(49)47-19-11-8-16-41(47)42-17-9-12-20-48(42)53)54(37-24-22-36(23-25-37)35-13-5-4-6-14-35)38-26-28-43-40-15-7-10-18-46(40)52(2,3)50(43)32-38/h4-30,32-34H,31H2,1-3H3. The number of fused-ring (bicyclic) bond motifs is 12. The topological polar surface area (TPSA) is 3.24 Å². The molecule has 0 aliphatic heterocycles. The second-order valence-electron chi connectivity index (χ2n) is 16.2. The quantitative estimate of drug-likeness (QED) is 0.178. The fourth-order valence-electron chi connectivity index (χ4n) is 10.4. The van der Waals surface area contributed by atoms with Gasteiger partial charge in [-0.3, -0.25) is 0 Å². The van der Waals surface area contributed by atoms with Crippen LogP contribution < -0.4 is 4.90 Å². The Morgan fingerprint density at radius 1 is 0.463 bits per heavy atom. The first-order valence-electron chi connectivity index (χ1n) is 19.4. The van der Waals surface area contributed by atoms with Crippen LogP contribution in [-0.2, 0) is 10.8 Å². The van der Waals surface area contributed by atoms with E-state index in [1.54, 1.807) is 0 Å². The van der Waals surface area contributed by atoms with Gasteiger partial charge in [-0.1, -0.05) is 160 Å². The van der Waals surface area contributed by atoms with Crippen LogP contribution in [0.25, 0.3) is 39.0 Å². The number of rotatable bonds is 4. The number of nitrogens with zero attached hydrogens (tertiary/aromatic N) is 1. The molecule has 4 aliphatic rings. The Kier molecular flexibility index (Phi) is 6.62. The maximum absolute atomic E-state index is 2.53. The first-order valence-corrected chi connectivity index (χ1v) is 19.4. The summed E-state index contributed by atoms with van der Waals surface area (Å²) in [7, 11) is 0. The van der Waals surface area contributed by atoms with Gasteiger partial charge in [0, 0.05) is 22.5 Å². The largest absolute Gasteiger partial charge is 0.310 e. The predicted octanol–water partition coefficient (Wildman–Crippen LogP) is 13.8. The fraction of sp³-hybridized carbons (Fsp3) is 0.132. The van der Waals surface area contributed by atoms with Gasteiger partial charge in [0.2, 0.25) is 0 Å². The van der Waals surface area contributed by atoms with Crippen molar-refractivity contribution in [2.75, 3.05) is 4.90 Å². The summed E-state index contributed by atoms with van der Waals surface area (Å²) >= 11 is 0. The first-order chi connectivity index (χ1) is 26.4. The van der Waals surface area contributed by atoms with Gasteiger partial charge in [-0.2, -0.15) is 0 Å². The molecule has 1 spiro atoms. The van der Waals surface area contributed by atoms with E-state index in [1.165, 1.54) is 89.3 Å². The van der Waals surface area contributed by atoms with Gasteiger partial charge in [-0.05, 0) is 127 Å². The molecule has 258 valence electrons. The number of hydrogen-bond acceptors (Lipinski definition) is 1. The highest BCUT2D eigenvalue weighted by Gasteiger charge is 2.52. The fourth-order valence-corrected chi connectivity index (χ4v) is 10.4. The van der Waals surface area contributed by atoms with Crippen molar-refractivity contribution in [3.05, 3.63) is 215 Å². The van der Waals surface area contributed by atoms with Crippen LogP contribution in [0.1, 0.15) is 60.6 Å². The Morgan fingerprint density at radius 2 is 0.963 bits per heavy atom. The molecule has 7 aromatic rings. The van der Waals surface area contributed by atoms with Crippen molar-refractivity contribution in [3.8, 4) is 33.4 Å². The van der Waals surface area contributed by atoms with Crippen molar-refractivity contribution in [3.63, 3.8) is 0 Å². The summed E-state index contributed by atoms with van der Waals surface area (Å²) in [4.78, 5) is 2.49. The molecule has 0 bridgehead atoms. The van der Waals surface area contributed by atoms with E-state index in [0.717, 1.165) is 12.1 Å². The average Bonchev–Trinajstić information content (AvgIpc) is 3.76. The normalized spacial score (nSPS) is 17.4. The minimum Gasteiger partial charge on any atom is -0.310 e. The molecule has 0 heterocycles. The van der Waals surface area contributed by atoms with Gasteiger partial charge in [0.15, 0.2) is 0 Å². The molecule has 1 heteroatoms. The molecule has 7 aromatic carbocycles. The highest BCUT2D eigenvalue weighted by atomic mass is 15.1. The van der Waals surface area contributed by atoms with Crippen molar-refractivity contribution in [2.24, 2.45) is 5.92 Å². The van der Waals surface area contributed by atoms with Crippen molar-refractivity contribution < 1.29 is 0 Å². The van der Waals surface area contributed by atoms with Gasteiger partial charge in [0.1, 0.15) is 0 Å². The molecule has 0 amide bonds. The first kappa shape index (κ1) is 31.4. The lowest BCUT2D eigenvalue weighted by Gasteiger charge is -2.34. The van der Waals surface area contributed by atoms with Crippen molar-refractivity contribution >= 4 is 22.6 Å². The van der Waals surface area contributed by atoms with Crippen LogP contribution in [0.2, 0.25) is 0 Å². The summed E-state index contributed by atoms with van der Waals surface area (Å²) in [5.74, 6) is 0.497. The summed E-state index contributed by atoms with van der Waals surface area (Å²) in [6, 6.07) is 61.5. The maximum Gasteiger partial charge on any atom is 0.0722 e. The van der Waals surface area contributed by atoms with Crippen LogP contribution in [0.4, 0.5) is 17.1 Å². The molecular weight excluding hydrogens is 651 g/mol. The molecule has 0 N–H and O–H groups in total. The predicted molar refractivity (Wildman–Crippen MR) is 226 cm³/mol. The van der Waals surface area contributed by atoms with Gasteiger partial charge in [0.25, 0.3) is 0 Å². The van der Waals surface area contributed by atoms with E-state index in [4.69, 9.17) is 0 Å².